The minimum atomic E-state index is -0.468. The van der Waals surface area contributed by atoms with Crippen LogP contribution in [0.4, 0.5) is 5.00 Å². The lowest BCUT2D eigenvalue weighted by Crippen LogP contribution is -2.18. The monoisotopic (exact) mass is 478 g/mol. The summed E-state index contributed by atoms with van der Waals surface area (Å²) in [5, 5.41) is 14.7. The van der Waals surface area contributed by atoms with Gasteiger partial charge in [-0.1, -0.05) is 17.8 Å². The lowest BCUT2D eigenvalue weighted by Gasteiger charge is -2.14. The third-order valence-corrected chi connectivity index (χ3v) is 7.51. The summed E-state index contributed by atoms with van der Waals surface area (Å²) in [4.78, 5) is 26.5. The molecule has 8 nitrogen and oxygen atoms in total. The fourth-order valence-electron chi connectivity index (χ4n) is 3.30. The number of hydrogen-bond acceptors (Lipinski definition) is 9. The van der Waals surface area contributed by atoms with Crippen LogP contribution >= 0.6 is 34.4 Å². The summed E-state index contributed by atoms with van der Waals surface area (Å²) in [6.45, 7) is 3.30. The van der Waals surface area contributed by atoms with E-state index < -0.39 is 5.97 Å². The maximum atomic E-state index is 12.6. The molecule has 1 unspecified atom stereocenters. The summed E-state index contributed by atoms with van der Waals surface area (Å²) < 4.78 is 12.6. The summed E-state index contributed by atoms with van der Waals surface area (Å²) in [6.07, 6.45) is 2.18. The van der Waals surface area contributed by atoms with E-state index in [1.165, 1.54) is 30.2 Å². The molecule has 3 aromatic rings. The van der Waals surface area contributed by atoms with Gasteiger partial charge in [0, 0.05) is 11.5 Å². The molecule has 4 heterocycles. The molecular formula is C20H22N4O4S3. The topological polar surface area (TPSA) is 95.3 Å². The van der Waals surface area contributed by atoms with E-state index in [1.54, 1.807) is 17.4 Å². The highest BCUT2D eigenvalue weighted by atomic mass is 32.2. The van der Waals surface area contributed by atoms with Crippen LogP contribution in [0.2, 0.25) is 0 Å². The number of anilines is 1. The number of ether oxygens (including phenoxy) is 2. The van der Waals surface area contributed by atoms with Crippen LogP contribution < -0.4 is 5.32 Å². The van der Waals surface area contributed by atoms with Gasteiger partial charge in [-0.2, -0.15) is 0 Å². The first-order valence-electron chi connectivity index (χ1n) is 9.75. The molecule has 1 N–H and O–H groups in total. The first-order chi connectivity index (χ1) is 15.0. The normalized spacial score (nSPS) is 15.9. The molecule has 1 aliphatic heterocycles. The predicted molar refractivity (Wildman–Crippen MR) is 122 cm³/mol. The van der Waals surface area contributed by atoms with Crippen LogP contribution in [0.3, 0.4) is 0 Å². The van der Waals surface area contributed by atoms with E-state index in [-0.39, 0.29) is 17.8 Å². The quantitative estimate of drug-likeness (QED) is 0.385. The van der Waals surface area contributed by atoms with E-state index in [2.05, 4.69) is 15.5 Å². The number of aromatic nitrogens is 3. The number of carbonyl (C=O) groups excluding carboxylic acids is 2. The van der Waals surface area contributed by atoms with Crippen LogP contribution in [0.5, 0.6) is 0 Å². The van der Waals surface area contributed by atoms with Crippen molar-refractivity contribution in [1.29, 1.82) is 0 Å². The Morgan fingerprint density at radius 2 is 2.29 bits per heavy atom. The molecule has 1 amide bonds. The summed E-state index contributed by atoms with van der Waals surface area (Å²) >= 11 is 4.26. The fourth-order valence-corrected chi connectivity index (χ4v) is 5.68. The van der Waals surface area contributed by atoms with E-state index in [9.17, 15) is 9.59 Å². The largest absolute Gasteiger partial charge is 0.465 e. The standard InChI is InChI=1S/C20H22N4O4S3/c1-12-9-14(19(26)27-2)18(31-12)21-16(25)11-30-20-23-22-17(15-6-4-8-29-15)24(20)10-13-5-3-7-28-13/h4,6,8-9,13H,3,5,7,10-11H2,1-2H3,(H,21,25). The Hall–Kier alpha value is -2.21. The van der Waals surface area contributed by atoms with Crippen molar-refractivity contribution in [2.75, 3.05) is 24.8 Å². The fraction of sp³-hybridized carbons (Fsp3) is 0.400. The Morgan fingerprint density at radius 3 is 3.00 bits per heavy atom. The highest BCUT2D eigenvalue weighted by Gasteiger charge is 2.23. The van der Waals surface area contributed by atoms with Crippen molar-refractivity contribution in [2.24, 2.45) is 0 Å². The lowest BCUT2D eigenvalue weighted by molar-refractivity contribution is -0.113. The van der Waals surface area contributed by atoms with Crippen molar-refractivity contribution < 1.29 is 19.1 Å². The van der Waals surface area contributed by atoms with Gasteiger partial charge in [0.15, 0.2) is 11.0 Å². The molecule has 0 radical (unpaired) electrons. The van der Waals surface area contributed by atoms with Crippen LogP contribution in [0.15, 0.2) is 28.7 Å². The van der Waals surface area contributed by atoms with Crippen LogP contribution in [-0.4, -0.2) is 52.2 Å². The average molecular weight is 479 g/mol. The number of thioether (sulfide) groups is 1. The van der Waals surface area contributed by atoms with Crippen molar-refractivity contribution in [2.45, 2.75) is 37.6 Å². The molecule has 164 valence electrons. The number of nitrogens with one attached hydrogen (secondary N) is 1. The van der Waals surface area contributed by atoms with E-state index in [0.29, 0.717) is 22.3 Å². The van der Waals surface area contributed by atoms with Crippen molar-refractivity contribution in [3.05, 3.63) is 34.0 Å². The van der Waals surface area contributed by atoms with Gasteiger partial charge in [0.25, 0.3) is 0 Å². The number of esters is 1. The molecule has 11 heteroatoms. The third kappa shape index (κ3) is 5.17. The van der Waals surface area contributed by atoms with Crippen LogP contribution in [0, 0.1) is 6.92 Å². The molecule has 4 rings (SSSR count). The molecule has 0 aromatic carbocycles. The molecule has 31 heavy (non-hydrogen) atoms. The summed E-state index contributed by atoms with van der Waals surface area (Å²) in [5.74, 6) is 0.242. The number of methoxy groups -OCH3 is 1. The molecule has 0 saturated carbocycles. The Labute approximate surface area is 192 Å². The Balaban J connectivity index is 1.47. The first-order valence-corrected chi connectivity index (χ1v) is 12.4. The van der Waals surface area contributed by atoms with Gasteiger partial charge in [-0.25, -0.2) is 4.79 Å². The van der Waals surface area contributed by atoms with E-state index >= 15 is 0 Å². The molecule has 1 aliphatic rings. The summed E-state index contributed by atoms with van der Waals surface area (Å²) in [5.41, 5.74) is 0.366. The molecular weight excluding hydrogens is 456 g/mol. The zero-order valence-corrected chi connectivity index (χ0v) is 19.6. The lowest BCUT2D eigenvalue weighted by atomic mass is 10.2. The molecule has 3 aromatic heterocycles. The maximum Gasteiger partial charge on any atom is 0.340 e. The number of carbonyl (C=O) groups is 2. The predicted octanol–water partition coefficient (Wildman–Crippen LogP) is 4.07. The van der Waals surface area contributed by atoms with Crippen LogP contribution in [0.1, 0.15) is 28.1 Å². The summed E-state index contributed by atoms with van der Waals surface area (Å²) in [6, 6.07) is 5.70. The second-order valence-corrected chi connectivity index (χ2v) is 10.1. The third-order valence-electron chi connectivity index (χ3n) is 4.71. The van der Waals surface area contributed by atoms with E-state index in [0.717, 1.165) is 35.0 Å². The number of aryl methyl sites for hydroxylation is 1. The Morgan fingerprint density at radius 1 is 1.42 bits per heavy atom. The van der Waals surface area contributed by atoms with Crippen molar-refractivity contribution in [3.63, 3.8) is 0 Å². The zero-order valence-electron chi connectivity index (χ0n) is 17.1. The maximum absolute atomic E-state index is 12.6. The van der Waals surface area contributed by atoms with Crippen molar-refractivity contribution in [3.8, 4) is 10.7 Å². The summed E-state index contributed by atoms with van der Waals surface area (Å²) in [7, 11) is 1.32. The number of thiophene rings is 2. The number of hydrogen-bond donors (Lipinski definition) is 1. The van der Waals surface area contributed by atoms with Crippen molar-refractivity contribution in [1.82, 2.24) is 14.8 Å². The molecule has 1 saturated heterocycles. The van der Waals surface area contributed by atoms with Gasteiger partial charge in [-0.3, -0.25) is 9.36 Å². The Kier molecular flexibility index (Phi) is 7.06. The second-order valence-electron chi connectivity index (χ2n) is 6.96. The smallest absolute Gasteiger partial charge is 0.340 e. The van der Waals surface area contributed by atoms with Gasteiger partial charge in [0.2, 0.25) is 5.91 Å². The molecule has 0 bridgehead atoms. The molecule has 0 aliphatic carbocycles. The van der Waals surface area contributed by atoms with Gasteiger partial charge < -0.3 is 14.8 Å². The first kappa shape index (κ1) is 22.0. The van der Waals surface area contributed by atoms with Gasteiger partial charge >= 0.3 is 5.97 Å². The van der Waals surface area contributed by atoms with E-state index in [4.69, 9.17) is 9.47 Å². The minimum Gasteiger partial charge on any atom is -0.465 e. The van der Waals surface area contributed by atoms with E-state index in [1.807, 2.05) is 29.0 Å². The average Bonchev–Trinajstić information content (AvgIpc) is 3.54. The molecule has 1 atom stereocenters. The number of amides is 1. The van der Waals surface area contributed by atoms with Gasteiger partial charge in [-0.15, -0.1) is 32.9 Å². The van der Waals surface area contributed by atoms with Crippen LogP contribution in [0.25, 0.3) is 10.7 Å². The number of rotatable bonds is 8. The van der Waals surface area contributed by atoms with Gasteiger partial charge in [-0.05, 0) is 37.3 Å². The van der Waals surface area contributed by atoms with Gasteiger partial charge in [0.1, 0.15) is 5.00 Å². The van der Waals surface area contributed by atoms with Gasteiger partial charge in [0.05, 0.1) is 36.0 Å². The minimum absolute atomic E-state index is 0.125. The second kappa shape index (κ2) is 9.94. The number of nitrogens with zero attached hydrogens (tertiary/aromatic N) is 3. The molecule has 1 fully saturated rings. The highest BCUT2D eigenvalue weighted by molar-refractivity contribution is 7.99. The van der Waals surface area contributed by atoms with Crippen molar-refractivity contribution >= 4 is 51.3 Å². The molecule has 0 spiro atoms. The Bertz CT molecular complexity index is 1050. The van der Waals surface area contributed by atoms with Crippen LogP contribution in [-0.2, 0) is 20.8 Å². The zero-order chi connectivity index (χ0) is 21.8. The SMILES string of the molecule is COC(=O)c1cc(C)sc1NC(=O)CSc1nnc(-c2cccs2)n1CC1CCCO1. The highest BCUT2D eigenvalue weighted by Crippen LogP contribution is 2.31.